The van der Waals surface area contributed by atoms with Gasteiger partial charge in [0.25, 0.3) is 5.69 Å². The molecule has 1 aromatic carbocycles. The Morgan fingerprint density at radius 3 is 2.67 bits per heavy atom. The van der Waals surface area contributed by atoms with Gasteiger partial charge in [0.2, 0.25) is 10.0 Å². The number of sulfonamides is 1. The lowest BCUT2D eigenvalue weighted by Crippen LogP contribution is -2.40. The summed E-state index contributed by atoms with van der Waals surface area (Å²) in [5, 5.41) is 29.2. The van der Waals surface area contributed by atoms with E-state index in [2.05, 4.69) is 0 Å². The highest BCUT2D eigenvalue weighted by molar-refractivity contribution is 7.89. The van der Waals surface area contributed by atoms with Crippen LogP contribution >= 0.6 is 0 Å². The van der Waals surface area contributed by atoms with Crippen LogP contribution in [0.1, 0.15) is 6.42 Å². The summed E-state index contributed by atoms with van der Waals surface area (Å²) < 4.78 is 25.4. The summed E-state index contributed by atoms with van der Waals surface area (Å²) in [6.07, 6.45) is -1.30. The van der Waals surface area contributed by atoms with Gasteiger partial charge in [0.05, 0.1) is 15.9 Å². The fraction of sp³-hybridized carbons (Fsp3) is 0.364. The van der Waals surface area contributed by atoms with Gasteiger partial charge in [-0.2, -0.15) is 4.31 Å². The highest BCUT2D eigenvalue weighted by Gasteiger charge is 2.43. The first kappa shape index (κ1) is 15.4. The lowest BCUT2D eigenvalue weighted by atomic mass is 10.2. The summed E-state index contributed by atoms with van der Waals surface area (Å²) in [7, 11) is -4.23. The number of aliphatic hydroxyl groups is 1. The maximum Gasteiger partial charge on any atom is 0.322 e. The van der Waals surface area contributed by atoms with E-state index in [-0.39, 0.29) is 17.9 Å². The average Bonchev–Trinajstić information content (AvgIpc) is 2.82. The van der Waals surface area contributed by atoms with Gasteiger partial charge < -0.3 is 10.2 Å². The van der Waals surface area contributed by atoms with Gasteiger partial charge in [-0.25, -0.2) is 8.42 Å². The number of benzene rings is 1. The van der Waals surface area contributed by atoms with Crippen LogP contribution in [-0.2, 0) is 14.8 Å². The molecule has 9 nitrogen and oxygen atoms in total. The van der Waals surface area contributed by atoms with Crippen molar-refractivity contribution >= 4 is 21.7 Å². The van der Waals surface area contributed by atoms with E-state index < -0.39 is 38.7 Å². The van der Waals surface area contributed by atoms with Crippen LogP contribution in [0.15, 0.2) is 29.2 Å². The topological polar surface area (TPSA) is 138 Å². The molecule has 21 heavy (non-hydrogen) atoms. The summed E-state index contributed by atoms with van der Waals surface area (Å²) in [6, 6.07) is 2.95. The Morgan fingerprint density at radius 2 is 2.10 bits per heavy atom. The molecule has 2 atom stereocenters. The number of carbonyl (C=O) groups is 1. The number of aliphatic hydroxyl groups excluding tert-OH is 1. The third kappa shape index (κ3) is 2.86. The van der Waals surface area contributed by atoms with Gasteiger partial charge in [0, 0.05) is 25.1 Å². The Labute approximate surface area is 119 Å². The van der Waals surface area contributed by atoms with E-state index in [9.17, 15) is 28.4 Å². The van der Waals surface area contributed by atoms with Crippen molar-refractivity contribution in [2.75, 3.05) is 6.54 Å². The summed E-state index contributed by atoms with van der Waals surface area (Å²) in [4.78, 5) is 20.7. The van der Waals surface area contributed by atoms with Crippen LogP contribution in [0.5, 0.6) is 0 Å². The molecule has 0 bridgehead atoms. The van der Waals surface area contributed by atoms with Gasteiger partial charge in [-0.1, -0.05) is 6.07 Å². The quantitative estimate of drug-likeness (QED) is 0.579. The molecule has 2 rings (SSSR count). The van der Waals surface area contributed by atoms with Crippen LogP contribution in [0.2, 0.25) is 0 Å². The number of nitro groups is 1. The highest BCUT2D eigenvalue weighted by Crippen LogP contribution is 2.28. The van der Waals surface area contributed by atoms with Crippen molar-refractivity contribution in [2.45, 2.75) is 23.5 Å². The van der Waals surface area contributed by atoms with Gasteiger partial charge in [0.15, 0.2) is 0 Å². The Kier molecular flexibility index (Phi) is 3.94. The van der Waals surface area contributed by atoms with Crippen molar-refractivity contribution in [3.63, 3.8) is 0 Å². The Morgan fingerprint density at radius 1 is 1.43 bits per heavy atom. The zero-order valence-electron chi connectivity index (χ0n) is 10.6. The predicted octanol–water partition coefficient (Wildman–Crippen LogP) is -0.197. The average molecular weight is 316 g/mol. The maximum absolute atomic E-state index is 12.4. The molecule has 114 valence electrons. The fourth-order valence-corrected chi connectivity index (χ4v) is 3.84. The summed E-state index contributed by atoms with van der Waals surface area (Å²) in [6.45, 7) is -0.359. The monoisotopic (exact) mass is 316 g/mol. The van der Waals surface area contributed by atoms with Crippen LogP contribution in [0.25, 0.3) is 0 Å². The predicted molar refractivity (Wildman–Crippen MR) is 69.0 cm³/mol. The van der Waals surface area contributed by atoms with E-state index in [0.29, 0.717) is 4.31 Å². The lowest BCUT2D eigenvalue weighted by molar-refractivity contribution is -0.385. The minimum Gasteiger partial charge on any atom is -0.480 e. The van der Waals surface area contributed by atoms with E-state index in [1.54, 1.807) is 0 Å². The van der Waals surface area contributed by atoms with Crippen molar-refractivity contribution < 1.29 is 28.3 Å². The molecule has 0 unspecified atom stereocenters. The first-order valence-corrected chi connectivity index (χ1v) is 7.34. The molecule has 10 heteroatoms. The Hall–Kier alpha value is -2.04. The van der Waals surface area contributed by atoms with E-state index >= 15 is 0 Å². The standard InChI is InChI=1S/C11H12N2O7S/c14-8-5-10(11(15)16)12(6-8)21(19,20)9-3-1-2-7(4-9)13(17)18/h1-4,8,10,14H,5-6H2,(H,15,16)/t8-,10-/m1/s1. The minimum atomic E-state index is -4.23. The first-order chi connectivity index (χ1) is 9.73. The van der Waals surface area contributed by atoms with Crippen molar-refractivity contribution in [1.82, 2.24) is 4.31 Å². The molecule has 1 aromatic rings. The number of non-ortho nitro benzene ring substituents is 1. The maximum atomic E-state index is 12.4. The second kappa shape index (κ2) is 5.39. The van der Waals surface area contributed by atoms with Crippen LogP contribution in [0.4, 0.5) is 5.69 Å². The Balaban J connectivity index is 2.44. The van der Waals surface area contributed by atoms with E-state index in [4.69, 9.17) is 5.11 Å². The van der Waals surface area contributed by atoms with E-state index in [1.165, 1.54) is 6.07 Å². The number of carboxylic acids is 1. The summed E-state index contributed by atoms with van der Waals surface area (Å²) in [5.74, 6) is -1.37. The first-order valence-electron chi connectivity index (χ1n) is 5.90. The second-order valence-corrected chi connectivity index (χ2v) is 6.46. The highest BCUT2D eigenvalue weighted by atomic mass is 32.2. The molecule has 1 fully saturated rings. The number of nitrogens with zero attached hydrogens (tertiary/aromatic N) is 2. The van der Waals surface area contributed by atoms with Crippen molar-refractivity contribution in [3.8, 4) is 0 Å². The van der Waals surface area contributed by atoms with Gasteiger partial charge in [0.1, 0.15) is 6.04 Å². The van der Waals surface area contributed by atoms with Crippen LogP contribution in [0, 0.1) is 10.1 Å². The molecule has 0 amide bonds. The largest absolute Gasteiger partial charge is 0.480 e. The lowest BCUT2D eigenvalue weighted by Gasteiger charge is -2.20. The Bertz CT molecular complexity index is 688. The smallest absolute Gasteiger partial charge is 0.322 e. The number of nitro benzene ring substituents is 1. The molecular weight excluding hydrogens is 304 g/mol. The molecule has 1 saturated heterocycles. The normalized spacial score (nSPS) is 23.1. The molecule has 2 N–H and O–H groups in total. The molecule has 0 saturated carbocycles. The van der Waals surface area contributed by atoms with Gasteiger partial charge in [-0.3, -0.25) is 14.9 Å². The van der Waals surface area contributed by atoms with Crippen molar-refractivity contribution in [2.24, 2.45) is 0 Å². The zero-order valence-corrected chi connectivity index (χ0v) is 11.4. The number of rotatable bonds is 4. The number of aliphatic carboxylic acids is 1. The SMILES string of the molecule is O=C(O)[C@H]1C[C@@H](O)CN1S(=O)(=O)c1cccc([N+](=O)[O-])c1. The number of hydrogen-bond donors (Lipinski definition) is 2. The summed E-state index contributed by atoms with van der Waals surface area (Å²) in [5.41, 5.74) is -0.414. The van der Waals surface area contributed by atoms with Crippen molar-refractivity contribution in [3.05, 3.63) is 34.4 Å². The van der Waals surface area contributed by atoms with Crippen LogP contribution in [-0.4, -0.2) is 52.5 Å². The molecular formula is C11H12N2O7S. The van der Waals surface area contributed by atoms with E-state index in [1.807, 2.05) is 0 Å². The molecule has 0 spiro atoms. The fourth-order valence-electron chi connectivity index (χ4n) is 2.17. The van der Waals surface area contributed by atoms with Gasteiger partial charge >= 0.3 is 5.97 Å². The number of β-amino-alcohol motifs (C(OH)–C–C–N with tert-alkyl or cyclic N) is 1. The molecule has 1 aliphatic rings. The van der Waals surface area contributed by atoms with Gasteiger partial charge in [-0.05, 0) is 6.07 Å². The van der Waals surface area contributed by atoms with E-state index in [0.717, 1.165) is 18.2 Å². The van der Waals surface area contributed by atoms with Gasteiger partial charge in [-0.15, -0.1) is 0 Å². The zero-order chi connectivity index (χ0) is 15.8. The number of carboxylic acid groups (broad SMARTS) is 1. The van der Waals surface area contributed by atoms with Crippen LogP contribution < -0.4 is 0 Å². The third-order valence-corrected chi connectivity index (χ3v) is 5.02. The van der Waals surface area contributed by atoms with Crippen LogP contribution in [0.3, 0.4) is 0 Å². The summed E-state index contributed by atoms with van der Waals surface area (Å²) >= 11 is 0. The molecule has 0 aliphatic carbocycles. The van der Waals surface area contributed by atoms with Crippen molar-refractivity contribution in [1.29, 1.82) is 0 Å². The number of hydrogen-bond acceptors (Lipinski definition) is 6. The molecule has 1 aliphatic heterocycles. The molecule has 0 aromatic heterocycles. The molecule has 1 heterocycles. The minimum absolute atomic E-state index is 0.219. The molecule has 0 radical (unpaired) electrons. The second-order valence-electron chi connectivity index (χ2n) is 4.57. The third-order valence-electron chi connectivity index (χ3n) is 3.15.